The van der Waals surface area contributed by atoms with Crippen LogP contribution in [0.1, 0.15) is 62.1 Å². The Hall–Kier alpha value is -8.97. The predicted octanol–water partition coefficient (Wildman–Crippen LogP) is -2.38. The highest BCUT2D eigenvalue weighted by Gasteiger charge is 2.34. The number of nitrogens with two attached hydrogens (primary N) is 7. The normalized spacial score (nSPS) is 13.3. The van der Waals surface area contributed by atoms with Crippen molar-refractivity contribution >= 4 is 70.1 Å². The van der Waals surface area contributed by atoms with Gasteiger partial charge in [0.1, 0.15) is 47.8 Å². The van der Waals surface area contributed by atoms with Crippen LogP contribution in [0.25, 0.3) is 10.9 Å². The van der Waals surface area contributed by atoms with Crippen LogP contribution in [-0.4, -0.2) is 125 Å². The summed E-state index contributed by atoms with van der Waals surface area (Å²) in [5, 5.41) is 26.8. The van der Waals surface area contributed by atoms with E-state index in [1.807, 2.05) is 18.2 Å². The van der Waals surface area contributed by atoms with Crippen molar-refractivity contribution in [3.63, 3.8) is 0 Å². The van der Waals surface area contributed by atoms with Crippen LogP contribution in [0.2, 0.25) is 0 Å². The number of nitrogens with one attached hydrogen (secondary N) is 7. The number of benzene rings is 3. The molecule has 75 heavy (non-hydrogen) atoms. The summed E-state index contributed by atoms with van der Waals surface area (Å²) >= 11 is 0. The summed E-state index contributed by atoms with van der Waals surface area (Å²) in [5.41, 5.74) is 40.8. The molecule has 4 aromatic rings. The largest absolute Gasteiger partial charge is 0.508 e. The number of H-pyrrole nitrogens is 1. The van der Waals surface area contributed by atoms with Crippen LogP contribution < -0.4 is 72.0 Å². The van der Waals surface area contributed by atoms with Gasteiger partial charge < -0.3 is 82.1 Å². The fraction of sp³-hybridized carbons (Fsp3) is 0.388. The number of phenols is 1. The average Bonchev–Trinajstić information content (AvgIpc) is 3.76. The van der Waals surface area contributed by atoms with Crippen molar-refractivity contribution in [3.8, 4) is 5.75 Å². The molecule has 7 amide bonds. The first-order chi connectivity index (χ1) is 35.7. The predicted molar refractivity (Wildman–Crippen MR) is 280 cm³/mol. The SMILES string of the molecule is CC(=O)N[C@@H](CCCN=C(N)N)C(=O)N[C@@H](Cc1ccc(F)cc1)C(=O)N[C@@H](Cc1ccc(O)cc1)C(=O)N[C@@H](CCCN=C(N)N)C(=O)N[C@@H](Cc1c[nH]c2ccccc12)C(=O)N[C@@H](CCCN=C(N)N)C(N)=O. The van der Waals surface area contributed by atoms with Crippen LogP contribution in [0.5, 0.6) is 5.75 Å². The number of aromatic nitrogens is 1. The Morgan fingerprint density at radius 3 is 1.36 bits per heavy atom. The minimum Gasteiger partial charge on any atom is -0.508 e. The Morgan fingerprint density at radius 2 is 0.907 bits per heavy atom. The van der Waals surface area contributed by atoms with Gasteiger partial charge in [-0.05, 0) is 85.5 Å². The molecule has 0 aliphatic carbocycles. The number of hydrogen-bond donors (Lipinski definition) is 15. The summed E-state index contributed by atoms with van der Waals surface area (Å²) in [4.78, 5) is 112. The van der Waals surface area contributed by atoms with Gasteiger partial charge in [-0.1, -0.05) is 42.5 Å². The smallest absolute Gasteiger partial charge is 0.243 e. The van der Waals surface area contributed by atoms with Crippen LogP contribution in [0.4, 0.5) is 4.39 Å². The molecular weight excluding hydrogens is 974 g/mol. The van der Waals surface area contributed by atoms with Crippen LogP contribution in [0.3, 0.4) is 0 Å². The van der Waals surface area contributed by atoms with Gasteiger partial charge in [-0.3, -0.25) is 48.5 Å². The van der Waals surface area contributed by atoms with Gasteiger partial charge >= 0.3 is 0 Å². The maximum atomic E-state index is 14.7. The van der Waals surface area contributed by atoms with Crippen LogP contribution >= 0.6 is 0 Å². The fourth-order valence-electron chi connectivity index (χ4n) is 7.81. The van der Waals surface area contributed by atoms with Crippen molar-refractivity contribution in [1.29, 1.82) is 0 Å². The molecule has 3 aromatic carbocycles. The molecule has 4 rings (SSSR count). The number of primary amides is 1. The maximum absolute atomic E-state index is 14.7. The average molecular weight is 1040 g/mol. The van der Waals surface area contributed by atoms with E-state index in [-0.39, 0.29) is 101 Å². The second kappa shape index (κ2) is 29.5. The van der Waals surface area contributed by atoms with Crippen LogP contribution in [0, 0.1) is 5.82 Å². The zero-order chi connectivity index (χ0) is 55.0. The maximum Gasteiger partial charge on any atom is 0.243 e. The lowest BCUT2D eigenvalue weighted by atomic mass is 10.0. The zero-order valence-electron chi connectivity index (χ0n) is 41.5. The molecular formula is C49H68FN17O8. The monoisotopic (exact) mass is 1040 g/mol. The zero-order valence-corrected chi connectivity index (χ0v) is 41.5. The number of amides is 7. The van der Waals surface area contributed by atoms with Crippen molar-refractivity contribution in [2.75, 3.05) is 19.6 Å². The van der Waals surface area contributed by atoms with E-state index in [0.717, 1.165) is 23.0 Å². The van der Waals surface area contributed by atoms with E-state index in [0.29, 0.717) is 16.7 Å². The number of guanidine groups is 3. The molecule has 26 heteroatoms. The standard InChI is InChI=1S/C49H68FN17O8/c1-27(68)62-36(10-5-21-59-48(54)55)42(71)65-39(23-28-12-16-31(50)17-13-28)45(74)66-38(24-29-14-18-32(69)19-15-29)44(73)64-37(11-6-22-60-49(56)57)43(72)67-40(25-30-26-61-34-8-3-2-7-33(30)34)46(75)63-35(41(51)70)9-4-20-58-47(52)53/h2-3,7-8,12-19,26,35-40,61,69H,4-6,9-11,20-25H2,1H3,(H2,51,70)(H,62,68)(H,63,75)(H,64,73)(H,65,71)(H,66,74)(H,67,72)(H4,52,53,58)(H4,54,55,59)(H4,56,57,60)/t35-,36-,37-,38-,39-,40-/m0/s1. The molecule has 0 aliphatic heterocycles. The lowest BCUT2D eigenvalue weighted by Crippen LogP contribution is -2.60. The quantitative estimate of drug-likeness (QED) is 0.0147. The van der Waals surface area contributed by atoms with Gasteiger partial charge in [0.05, 0.1) is 0 Å². The Labute approximate surface area is 431 Å². The van der Waals surface area contributed by atoms with Gasteiger partial charge in [0, 0.05) is 62.9 Å². The van der Waals surface area contributed by atoms with Crippen molar-refractivity contribution in [1.82, 2.24) is 36.9 Å². The topological polar surface area (TPSA) is 447 Å². The number of para-hydroxylation sites is 1. The molecule has 0 unspecified atom stereocenters. The summed E-state index contributed by atoms with van der Waals surface area (Å²) in [5.74, 6) is -6.81. The summed E-state index contributed by atoms with van der Waals surface area (Å²) < 4.78 is 14.0. The van der Waals surface area contributed by atoms with Gasteiger partial charge in [-0.25, -0.2) is 4.39 Å². The fourth-order valence-corrected chi connectivity index (χ4v) is 7.81. The van der Waals surface area contributed by atoms with Gasteiger partial charge in [0.2, 0.25) is 41.4 Å². The molecule has 404 valence electrons. The minimum absolute atomic E-state index is 0.0214. The first kappa shape index (κ1) is 58.6. The highest BCUT2D eigenvalue weighted by Crippen LogP contribution is 2.20. The minimum atomic E-state index is -1.49. The summed E-state index contributed by atoms with van der Waals surface area (Å²) in [6, 6.07) is 10.0. The third kappa shape index (κ3) is 20.6. The van der Waals surface area contributed by atoms with Crippen LogP contribution in [0.15, 0.2) is 94.0 Å². The number of fused-ring (bicyclic) bond motifs is 1. The first-order valence-corrected chi connectivity index (χ1v) is 24.0. The van der Waals surface area contributed by atoms with E-state index in [4.69, 9.17) is 40.1 Å². The number of hydrogen-bond acceptors (Lipinski definition) is 11. The van der Waals surface area contributed by atoms with Gasteiger partial charge in [0.15, 0.2) is 17.9 Å². The van der Waals surface area contributed by atoms with Gasteiger partial charge in [0.25, 0.3) is 0 Å². The molecule has 1 heterocycles. The lowest BCUT2D eigenvalue weighted by Gasteiger charge is -2.28. The number of phenolic OH excluding ortho intramolecular Hbond substituents is 1. The number of carbonyl (C=O) groups excluding carboxylic acids is 7. The van der Waals surface area contributed by atoms with Gasteiger partial charge in [-0.2, -0.15) is 0 Å². The number of rotatable bonds is 30. The van der Waals surface area contributed by atoms with Crippen molar-refractivity contribution in [2.45, 2.75) is 101 Å². The Bertz CT molecular complexity index is 2670. The molecule has 0 bridgehead atoms. The van der Waals surface area contributed by atoms with Crippen molar-refractivity contribution in [3.05, 3.63) is 102 Å². The molecule has 0 fully saturated rings. The second-order valence-corrected chi connectivity index (χ2v) is 17.6. The molecule has 0 saturated heterocycles. The van der Waals surface area contributed by atoms with Gasteiger partial charge in [-0.15, -0.1) is 0 Å². The van der Waals surface area contributed by atoms with Crippen molar-refractivity contribution < 1.29 is 43.1 Å². The highest BCUT2D eigenvalue weighted by molar-refractivity contribution is 5.97. The molecule has 0 saturated carbocycles. The third-order valence-corrected chi connectivity index (χ3v) is 11.5. The molecule has 0 spiro atoms. The number of aromatic amines is 1. The highest BCUT2D eigenvalue weighted by atomic mass is 19.1. The van der Waals surface area contributed by atoms with Crippen LogP contribution in [-0.2, 0) is 52.8 Å². The molecule has 1 aromatic heterocycles. The number of aromatic hydroxyl groups is 1. The third-order valence-electron chi connectivity index (χ3n) is 11.5. The summed E-state index contributed by atoms with van der Waals surface area (Å²) in [7, 11) is 0. The van der Waals surface area contributed by atoms with E-state index in [9.17, 15) is 43.1 Å². The molecule has 25 nitrogen and oxygen atoms in total. The van der Waals surface area contributed by atoms with Crippen molar-refractivity contribution in [2.24, 2.45) is 55.1 Å². The van der Waals surface area contributed by atoms with E-state index >= 15 is 0 Å². The first-order valence-electron chi connectivity index (χ1n) is 24.0. The summed E-state index contributed by atoms with van der Waals surface area (Å²) in [6.45, 7) is 1.49. The number of halogens is 1. The Kier molecular flexibility index (Phi) is 23.1. The number of nitrogens with zero attached hydrogens (tertiary/aromatic N) is 3. The number of aliphatic imine (C=N–C) groups is 3. The molecule has 0 aliphatic rings. The van der Waals surface area contributed by atoms with E-state index in [2.05, 4.69) is 51.9 Å². The molecule has 22 N–H and O–H groups in total. The number of carbonyl (C=O) groups is 7. The lowest BCUT2D eigenvalue weighted by molar-refractivity contribution is -0.135. The molecule has 6 atom stereocenters. The van der Waals surface area contributed by atoms with E-state index in [1.54, 1.807) is 12.3 Å². The molecule has 0 radical (unpaired) electrons. The van der Waals surface area contributed by atoms with E-state index in [1.165, 1.54) is 43.3 Å². The van der Waals surface area contributed by atoms with E-state index < -0.39 is 83.4 Å². The Morgan fingerprint density at radius 1 is 0.520 bits per heavy atom. The Balaban J connectivity index is 1.70. The summed E-state index contributed by atoms with van der Waals surface area (Å²) in [6.07, 6.45) is 1.77. The second-order valence-electron chi connectivity index (χ2n) is 17.6.